The molecule has 0 saturated carbocycles. The molecule has 7 nitrogen and oxygen atoms in total. The summed E-state index contributed by atoms with van der Waals surface area (Å²) in [4.78, 5) is 16.7. The molecule has 2 aliphatic rings. The van der Waals surface area contributed by atoms with E-state index in [2.05, 4.69) is 10.2 Å². The normalized spacial score (nSPS) is 25.1. The van der Waals surface area contributed by atoms with Crippen molar-refractivity contribution >= 4 is 21.6 Å². The lowest BCUT2D eigenvalue weighted by atomic mass is 10.1. The minimum Gasteiger partial charge on any atom is -0.383 e. The number of nitrogens with zero attached hydrogens (tertiary/aromatic N) is 2. The number of methoxy groups -OCH3 is 1. The van der Waals surface area contributed by atoms with Crippen LogP contribution in [0.3, 0.4) is 0 Å². The number of carbonyl (C=O) groups excluding carboxylic acids is 1. The van der Waals surface area contributed by atoms with Gasteiger partial charge in [-0.15, -0.1) is 0 Å². The second-order valence-corrected chi connectivity index (χ2v) is 9.03. The van der Waals surface area contributed by atoms with Crippen molar-refractivity contribution in [2.45, 2.75) is 25.4 Å². The standard InChI is InChI=1S/C18H27N3O4S/c1-3-14-6-4-5-7-15(14)19-18(22)21-9-8-20(10-11-25-2)16-12-26(23,24)13-17(16)21/h4-7,16-17H,3,8-13H2,1-2H3,(H,19,22)/t16-,17+/m1/s1. The molecule has 0 radical (unpaired) electrons. The number of piperazine rings is 1. The number of hydrogen-bond donors (Lipinski definition) is 1. The molecule has 1 N–H and O–H groups in total. The van der Waals surface area contributed by atoms with Gasteiger partial charge in [-0.2, -0.15) is 0 Å². The zero-order chi connectivity index (χ0) is 18.7. The summed E-state index contributed by atoms with van der Waals surface area (Å²) in [5, 5.41) is 2.98. The Morgan fingerprint density at radius 1 is 1.23 bits per heavy atom. The van der Waals surface area contributed by atoms with Crippen LogP contribution in [0.15, 0.2) is 24.3 Å². The van der Waals surface area contributed by atoms with Crippen LogP contribution in [0, 0.1) is 0 Å². The third kappa shape index (κ3) is 4.02. The van der Waals surface area contributed by atoms with Crippen LogP contribution in [-0.4, -0.2) is 81.2 Å². The number of sulfone groups is 1. The molecule has 26 heavy (non-hydrogen) atoms. The van der Waals surface area contributed by atoms with Crippen molar-refractivity contribution in [3.63, 3.8) is 0 Å². The Hall–Kier alpha value is -1.64. The average Bonchev–Trinajstić information content (AvgIpc) is 2.95. The van der Waals surface area contributed by atoms with Crippen LogP contribution >= 0.6 is 0 Å². The van der Waals surface area contributed by atoms with Crippen molar-refractivity contribution in [3.8, 4) is 0 Å². The molecule has 2 atom stereocenters. The molecule has 1 aromatic rings. The summed E-state index contributed by atoms with van der Waals surface area (Å²) >= 11 is 0. The molecule has 0 aliphatic carbocycles. The van der Waals surface area contributed by atoms with E-state index in [9.17, 15) is 13.2 Å². The second-order valence-electron chi connectivity index (χ2n) is 6.87. The van der Waals surface area contributed by atoms with E-state index in [0.717, 1.165) is 17.7 Å². The number of para-hydroxylation sites is 1. The molecule has 8 heteroatoms. The molecule has 0 bridgehead atoms. The molecule has 2 saturated heterocycles. The minimum atomic E-state index is -3.14. The lowest BCUT2D eigenvalue weighted by Crippen LogP contribution is -2.61. The van der Waals surface area contributed by atoms with E-state index in [-0.39, 0.29) is 29.6 Å². The predicted molar refractivity (Wildman–Crippen MR) is 101 cm³/mol. The number of nitrogens with one attached hydrogen (secondary N) is 1. The fourth-order valence-corrected chi connectivity index (χ4v) is 5.91. The zero-order valence-corrected chi connectivity index (χ0v) is 16.2. The first-order valence-electron chi connectivity index (χ1n) is 9.04. The molecule has 3 rings (SSSR count). The SMILES string of the molecule is CCc1ccccc1NC(=O)N1CCN(CCOC)[C@@H]2CS(=O)(=O)C[C@@H]21. The number of hydrogen-bond acceptors (Lipinski definition) is 5. The van der Waals surface area contributed by atoms with E-state index < -0.39 is 9.84 Å². The van der Waals surface area contributed by atoms with E-state index in [0.29, 0.717) is 26.2 Å². The second kappa shape index (κ2) is 7.94. The third-order valence-electron chi connectivity index (χ3n) is 5.27. The van der Waals surface area contributed by atoms with Crippen molar-refractivity contribution < 1.29 is 17.9 Å². The highest BCUT2D eigenvalue weighted by Crippen LogP contribution is 2.28. The molecule has 0 aromatic heterocycles. The first-order valence-corrected chi connectivity index (χ1v) is 10.9. The van der Waals surface area contributed by atoms with Gasteiger partial charge < -0.3 is 15.0 Å². The third-order valence-corrected chi connectivity index (χ3v) is 6.97. The molecule has 1 aromatic carbocycles. The van der Waals surface area contributed by atoms with Crippen molar-refractivity contribution in [2.75, 3.05) is 50.2 Å². The first-order chi connectivity index (χ1) is 12.4. The summed E-state index contributed by atoms with van der Waals surface area (Å²) in [6.07, 6.45) is 0.821. The monoisotopic (exact) mass is 381 g/mol. The Morgan fingerprint density at radius 3 is 2.69 bits per heavy atom. The van der Waals surface area contributed by atoms with Gasteiger partial charge in [0.2, 0.25) is 0 Å². The Kier molecular flexibility index (Phi) is 5.84. The Labute approximate surface area is 155 Å². The van der Waals surface area contributed by atoms with Crippen LogP contribution in [0.4, 0.5) is 10.5 Å². The number of fused-ring (bicyclic) bond motifs is 1. The molecule has 2 amide bonds. The van der Waals surface area contributed by atoms with Crippen LogP contribution in [0.25, 0.3) is 0 Å². The van der Waals surface area contributed by atoms with Crippen LogP contribution < -0.4 is 5.32 Å². The van der Waals surface area contributed by atoms with E-state index in [1.54, 1.807) is 12.0 Å². The zero-order valence-electron chi connectivity index (χ0n) is 15.3. The van der Waals surface area contributed by atoms with Gasteiger partial charge in [0, 0.05) is 38.5 Å². The highest BCUT2D eigenvalue weighted by atomic mass is 32.2. The number of benzene rings is 1. The van der Waals surface area contributed by atoms with Gasteiger partial charge in [-0.05, 0) is 18.1 Å². The lowest BCUT2D eigenvalue weighted by Gasteiger charge is -2.43. The maximum Gasteiger partial charge on any atom is 0.322 e. The predicted octanol–water partition coefficient (Wildman–Crippen LogP) is 1.21. The first kappa shape index (κ1) is 19.1. The average molecular weight is 381 g/mol. The maximum absolute atomic E-state index is 12.9. The smallest absolute Gasteiger partial charge is 0.322 e. The number of rotatable bonds is 5. The van der Waals surface area contributed by atoms with E-state index in [4.69, 9.17) is 4.74 Å². The molecule has 0 spiro atoms. The van der Waals surface area contributed by atoms with Gasteiger partial charge in [0.25, 0.3) is 0 Å². The molecule has 2 heterocycles. The van der Waals surface area contributed by atoms with Crippen molar-refractivity contribution in [2.24, 2.45) is 0 Å². The molecule has 2 aliphatic heterocycles. The molecular formula is C18H27N3O4S. The Bertz CT molecular complexity index is 753. The van der Waals surface area contributed by atoms with E-state index in [1.807, 2.05) is 31.2 Å². The minimum absolute atomic E-state index is 0.0317. The van der Waals surface area contributed by atoms with Crippen molar-refractivity contribution in [3.05, 3.63) is 29.8 Å². The number of ether oxygens (including phenoxy) is 1. The number of amides is 2. The van der Waals surface area contributed by atoms with Crippen LogP contribution in [0.5, 0.6) is 0 Å². The van der Waals surface area contributed by atoms with Gasteiger partial charge in [-0.1, -0.05) is 25.1 Å². The molecule has 0 unspecified atom stereocenters. The van der Waals surface area contributed by atoms with Gasteiger partial charge in [0.15, 0.2) is 9.84 Å². The van der Waals surface area contributed by atoms with Crippen LogP contribution in [0.2, 0.25) is 0 Å². The Morgan fingerprint density at radius 2 is 1.96 bits per heavy atom. The number of anilines is 1. The maximum atomic E-state index is 12.9. The van der Waals surface area contributed by atoms with Gasteiger partial charge in [-0.25, -0.2) is 13.2 Å². The van der Waals surface area contributed by atoms with Crippen molar-refractivity contribution in [1.29, 1.82) is 0 Å². The summed E-state index contributed by atoms with van der Waals surface area (Å²) < 4.78 is 29.6. The van der Waals surface area contributed by atoms with Gasteiger partial charge in [-0.3, -0.25) is 4.90 Å². The molecule has 144 valence electrons. The topological polar surface area (TPSA) is 79.0 Å². The van der Waals surface area contributed by atoms with Gasteiger partial charge in [0.1, 0.15) is 0 Å². The number of carbonyl (C=O) groups is 1. The van der Waals surface area contributed by atoms with Gasteiger partial charge in [0.05, 0.1) is 24.2 Å². The summed E-state index contributed by atoms with van der Waals surface area (Å²) in [5.74, 6) is 0.140. The molecular weight excluding hydrogens is 354 g/mol. The fourth-order valence-electron chi connectivity index (χ4n) is 3.90. The summed E-state index contributed by atoms with van der Waals surface area (Å²) in [6.45, 7) is 4.45. The fraction of sp³-hybridized carbons (Fsp3) is 0.611. The quantitative estimate of drug-likeness (QED) is 0.829. The van der Waals surface area contributed by atoms with E-state index in [1.165, 1.54) is 0 Å². The summed E-state index contributed by atoms with van der Waals surface area (Å²) in [5.41, 5.74) is 1.86. The number of urea groups is 1. The number of aryl methyl sites for hydroxylation is 1. The summed E-state index contributed by atoms with van der Waals surface area (Å²) in [6, 6.07) is 7.03. The highest BCUT2D eigenvalue weighted by Gasteiger charge is 2.47. The Balaban J connectivity index is 1.76. The van der Waals surface area contributed by atoms with Gasteiger partial charge >= 0.3 is 6.03 Å². The van der Waals surface area contributed by atoms with E-state index >= 15 is 0 Å². The highest BCUT2D eigenvalue weighted by molar-refractivity contribution is 7.91. The van der Waals surface area contributed by atoms with Crippen LogP contribution in [0.1, 0.15) is 12.5 Å². The summed E-state index contributed by atoms with van der Waals surface area (Å²) in [7, 11) is -1.51. The molecule has 2 fully saturated rings. The lowest BCUT2D eigenvalue weighted by molar-refractivity contribution is 0.0499. The van der Waals surface area contributed by atoms with Crippen molar-refractivity contribution in [1.82, 2.24) is 9.80 Å². The largest absolute Gasteiger partial charge is 0.383 e. The van der Waals surface area contributed by atoms with Crippen LogP contribution in [-0.2, 0) is 21.0 Å².